The van der Waals surface area contributed by atoms with Gasteiger partial charge in [-0.15, -0.1) is 11.8 Å². The summed E-state index contributed by atoms with van der Waals surface area (Å²) in [5.41, 5.74) is 0. The lowest BCUT2D eigenvalue weighted by atomic mass is 10.1. The molecule has 0 aromatic heterocycles. The molecular formula is C16H29NO3S. The van der Waals surface area contributed by atoms with Gasteiger partial charge in [-0.3, -0.25) is 4.79 Å². The van der Waals surface area contributed by atoms with E-state index in [-0.39, 0.29) is 5.91 Å². The Morgan fingerprint density at radius 3 is 2.19 bits per heavy atom. The number of hydrogen-bond donors (Lipinski definition) is 1. The van der Waals surface area contributed by atoms with Crippen LogP contribution in [0.25, 0.3) is 0 Å². The van der Waals surface area contributed by atoms with Gasteiger partial charge in [-0.2, -0.15) is 0 Å². The molecule has 1 aliphatic heterocycles. The number of nitrogens with zero attached hydrogens (tertiary/aromatic N) is 1. The number of carbonyl (C=O) groups excluding carboxylic acids is 1. The van der Waals surface area contributed by atoms with Gasteiger partial charge in [0.05, 0.1) is 5.88 Å². The van der Waals surface area contributed by atoms with E-state index in [1.54, 1.807) is 0 Å². The van der Waals surface area contributed by atoms with Crippen LogP contribution < -0.4 is 0 Å². The molecule has 1 fully saturated rings. The number of amides is 1. The predicted molar refractivity (Wildman–Crippen MR) is 87.4 cm³/mol. The molecule has 0 spiro atoms. The second-order valence-corrected chi connectivity index (χ2v) is 6.80. The van der Waals surface area contributed by atoms with E-state index in [0.717, 1.165) is 12.8 Å². The van der Waals surface area contributed by atoms with Gasteiger partial charge in [0.1, 0.15) is 6.04 Å². The lowest BCUT2D eigenvalue weighted by Crippen LogP contribution is -2.41. The van der Waals surface area contributed by atoms with Crippen LogP contribution >= 0.6 is 11.8 Å². The van der Waals surface area contributed by atoms with Crippen molar-refractivity contribution in [1.82, 2.24) is 4.90 Å². The van der Waals surface area contributed by atoms with E-state index in [4.69, 9.17) is 5.11 Å². The van der Waals surface area contributed by atoms with E-state index >= 15 is 0 Å². The second-order valence-electron chi connectivity index (χ2n) is 5.80. The number of unbranched alkanes of at least 4 members (excludes halogenated alkanes) is 8. The van der Waals surface area contributed by atoms with E-state index in [1.165, 1.54) is 61.6 Å². The second kappa shape index (κ2) is 10.9. The number of hydrogen-bond acceptors (Lipinski definition) is 3. The van der Waals surface area contributed by atoms with Crippen molar-refractivity contribution in [2.45, 2.75) is 77.2 Å². The zero-order chi connectivity index (χ0) is 15.5. The van der Waals surface area contributed by atoms with Crippen molar-refractivity contribution in [1.29, 1.82) is 0 Å². The quantitative estimate of drug-likeness (QED) is 0.588. The smallest absolute Gasteiger partial charge is 0.327 e. The summed E-state index contributed by atoms with van der Waals surface area (Å²) in [5, 5.41) is 9.06. The molecule has 0 aromatic carbocycles. The maximum Gasteiger partial charge on any atom is 0.327 e. The summed E-state index contributed by atoms with van der Waals surface area (Å²) in [4.78, 5) is 24.6. The van der Waals surface area contributed by atoms with Crippen LogP contribution in [0.3, 0.4) is 0 Å². The average Bonchev–Trinajstić information content (AvgIpc) is 2.95. The molecule has 1 aliphatic rings. The Bertz CT molecular complexity index is 323. The molecule has 1 heterocycles. The highest BCUT2D eigenvalue weighted by Crippen LogP contribution is 2.22. The molecular weight excluding hydrogens is 286 g/mol. The Morgan fingerprint density at radius 2 is 1.62 bits per heavy atom. The number of thioether (sulfide) groups is 1. The minimum atomic E-state index is -0.875. The Kier molecular flexibility index (Phi) is 9.55. The number of rotatable bonds is 11. The summed E-state index contributed by atoms with van der Waals surface area (Å²) >= 11 is 1.53. The minimum Gasteiger partial charge on any atom is -0.480 e. The third kappa shape index (κ3) is 7.21. The normalized spacial score (nSPS) is 18.1. The van der Waals surface area contributed by atoms with Gasteiger partial charge in [-0.1, -0.05) is 58.3 Å². The van der Waals surface area contributed by atoms with Crippen LogP contribution in [0.5, 0.6) is 0 Å². The van der Waals surface area contributed by atoms with Crippen LogP contribution in [0.1, 0.15) is 71.1 Å². The summed E-state index contributed by atoms with van der Waals surface area (Å²) in [6.07, 6.45) is 11.5. The molecule has 0 unspecified atom stereocenters. The largest absolute Gasteiger partial charge is 0.480 e. The standard InChI is InChI=1S/C16H29NO3S/c1-2-3-4-5-6-7-8-9-10-11-15(18)17-13-21-12-14(17)16(19)20/h14H,2-13H2,1H3,(H,19,20)/t14-/m0/s1. The molecule has 1 atom stereocenters. The fourth-order valence-electron chi connectivity index (χ4n) is 2.62. The topological polar surface area (TPSA) is 57.6 Å². The average molecular weight is 315 g/mol. The van der Waals surface area contributed by atoms with E-state index in [2.05, 4.69) is 6.92 Å². The van der Waals surface area contributed by atoms with Gasteiger partial charge in [0, 0.05) is 12.2 Å². The molecule has 0 radical (unpaired) electrons. The maximum atomic E-state index is 12.0. The summed E-state index contributed by atoms with van der Waals surface area (Å²) in [6, 6.07) is -0.610. The fraction of sp³-hybridized carbons (Fsp3) is 0.875. The molecule has 4 nitrogen and oxygen atoms in total. The maximum absolute atomic E-state index is 12.0. The first-order valence-electron chi connectivity index (χ1n) is 8.26. The third-order valence-electron chi connectivity index (χ3n) is 3.98. The summed E-state index contributed by atoms with van der Waals surface area (Å²) in [7, 11) is 0. The van der Waals surface area contributed by atoms with Crippen molar-refractivity contribution in [3.63, 3.8) is 0 Å². The first-order valence-corrected chi connectivity index (χ1v) is 9.42. The van der Waals surface area contributed by atoms with Gasteiger partial charge in [0.15, 0.2) is 0 Å². The minimum absolute atomic E-state index is 0.00958. The molecule has 1 N–H and O–H groups in total. The monoisotopic (exact) mass is 315 g/mol. The van der Waals surface area contributed by atoms with Crippen molar-refractivity contribution in [3.05, 3.63) is 0 Å². The molecule has 0 bridgehead atoms. The third-order valence-corrected chi connectivity index (χ3v) is 4.99. The van der Waals surface area contributed by atoms with Crippen LogP contribution in [-0.4, -0.2) is 39.6 Å². The van der Waals surface area contributed by atoms with Gasteiger partial charge >= 0.3 is 5.97 Å². The van der Waals surface area contributed by atoms with E-state index < -0.39 is 12.0 Å². The molecule has 1 saturated heterocycles. The van der Waals surface area contributed by atoms with Crippen molar-refractivity contribution in [2.24, 2.45) is 0 Å². The van der Waals surface area contributed by atoms with E-state index in [0.29, 0.717) is 18.1 Å². The molecule has 0 aliphatic carbocycles. The highest BCUT2D eigenvalue weighted by Gasteiger charge is 2.33. The first-order chi connectivity index (χ1) is 10.2. The zero-order valence-corrected chi connectivity index (χ0v) is 14.0. The molecule has 122 valence electrons. The lowest BCUT2D eigenvalue weighted by Gasteiger charge is -2.20. The first kappa shape index (κ1) is 18.3. The summed E-state index contributed by atoms with van der Waals surface area (Å²) in [5.74, 6) is 0.197. The number of carboxylic acids is 1. The van der Waals surface area contributed by atoms with Crippen LogP contribution in [0, 0.1) is 0 Å². The molecule has 5 heteroatoms. The van der Waals surface area contributed by atoms with Crippen LogP contribution in [0.2, 0.25) is 0 Å². The van der Waals surface area contributed by atoms with Crippen molar-refractivity contribution in [3.8, 4) is 0 Å². The van der Waals surface area contributed by atoms with Gasteiger partial charge in [-0.05, 0) is 6.42 Å². The Balaban J connectivity index is 2.02. The van der Waals surface area contributed by atoms with Crippen LogP contribution in [0.4, 0.5) is 0 Å². The Labute approximate surface area is 132 Å². The summed E-state index contributed by atoms with van der Waals surface area (Å²) < 4.78 is 0. The molecule has 0 saturated carbocycles. The number of carboxylic acid groups (broad SMARTS) is 1. The predicted octanol–water partition coefficient (Wildman–Crippen LogP) is 3.89. The molecule has 0 aromatic rings. The van der Waals surface area contributed by atoms with Crippen LogP contribution in [-0.2, 0) is 9.59 Å². The van der Waals surface area contributed by atoms with Crippen LogP contribution in [0.15, 0.2) is 0 Å². The van der Waals surface area contributed by atoms with Crippen molar-refractivity contribution in [2.75, 3.05) is 11.6 Å². The lowest BCUT2D eigenvalue weighted by molar-refractivity contribution is -0.147. The SMILES string of the molecule is CCCCCCCCCCCC(=O)N1CSC[C@H]1C(=O)O. The fourth-order valence-corrected chi connectivity index (χ4v) is 3.80. The molecule has 1 amide bonds. The number of aliphatic carboxylic acids is 1. The molecule has 21 heavy (non-hydrogen) atoms. The number of carbonyl (C=O) groups is 2. The van der Waals surface area contributed by atoms with Gasteiger partial charge < -0.3 is 10.0 Å². The summed E-state index contributed by atoms with van der Waals surface area (Å²) in [6.45, 7) is 2.23. The van der Waals surface area contributed by atoms with E-state index in [9.17, 15) is 9.59 Å². The Morgan fingerprint density at radius 1 is 1.05 bits per heavy atom. The molecule has 1 rings (SSSR count). The van der Waals surface area contributed by atoms with Crippen molar-refractivity contribution < 1.29 is 14.7 Å². The highest BCUT2D eigenvalue weighted by atomic mass is 32.2. The van der Waals surface area contributed by atoms with Gasteiger partial charge in [-0.25, -0.2) is 4.79 Å². The Hall–Kier alpha value is -0.710. The van der Waals surface area contributed by atoms with E-state index in [1.807, 2.05) is 0 Å². The zero-order valence-electron chi connectivity index (χ0n) is 13.2. The van der Waals surface area contributed by atoms with Gasteiger partial charge in [0.25, 0.3) is 0 Å². The highest BCUT2D eigenvalue weighted by molar-refractivity contribution is 7.99. The van der Waals surface area contributed by atoms with Gasteiger partial charge in [0.2, 0.25) is 5.91 Å². The van der Waals surface area contributed by atoms with Crippen molar-refractivity contribution >= 4 is 23.6 Å².